The van der Waals surface area contributed by atoms with Gasteiger partial charge in [0, 0.05) is 48.1 Å². The number of nitro benzene ring substituents is 3. The molecule has 1 heterocycles. The van der Waals surface area contributed by atoms with Crippen LogP contribution in [0.15, 0.2) is 30.3 Å². The van der Waals surface area contributed by atoms with Crippen molar-refractivity contribution in [2.75, 3.05) is 11.1 Å². The molecule has 1 aliphatic rings. The molecule has 2 aromatic rings. The van der Waals surface area contributed by atoms with Gasteiger partial charge in [-0.05, 0) is 13.8 Å². The van der Waals surface area contributed by atoms with E-state index < -0.39 is 71.3 Å². The molecule has 2 aromatic carbocycles. The number of hydrogen-bond donors (Lipinski definition) is 1. The second kappa shape index (κ2) is 12.2. The third-order valence-corrected chi connectivity index (χ3v) is 8.66. The molecule has 3 atom stereocenters. The molecule has 1 N–H and O–H groups in total. The number of non-ortho nitro benzene ring substituents is 2. The number of alkyl halides is 1. The van der Waals surface area contributed by atoms with Crippen molar-refractivity contribution in [2.45, 2.75) is 44.2 Å². The standard InChI is InChI=1S/C24H23BrN4O11S/c1-11(10-41-23(32)13-5-14(27(33)34)7-15(6-13)28(35)36)22(31)39-20-16-8-18(29(37)38)17(26-12(2)30)9-19(16)40-24(3,4)21(20)25/h5-9,11,20-21H,10H2,1-4H3,(H,26,30). The highest BCUT2D eigenvalue weighted by Gasteiger charge is 2.46. The number of benzene rings is 2. The van der Waals surface area contributed by atoms with Crippen LogP contribution in [0.3, 0.4) is 0 Å². The summed E-state index contributed by atoms with van der Waals surface area (Å²) in [6.07, 6.45) is -1.06. The number of amides is 1. The summed E-state index contributed by atoms with van der Waals surface area (Å²) >= 11 is 4.08. The van der Waals surface area contributed by atoms with Gasteiger partial charge in [-0.15, -0.1) is 0 Å². The van der Waals surface area contributed by atoms with Crippen molar-refractivity contribution < 1.29 is 38.6 Å². The van der Waals surface area contributed by atoms with E-state index in [1.165, 1.54) is 19.9 Å². The molecular weight excluding hydrogens is 632 g/mol. The summed E-state index contributed by atoms with van der Waals surface area (Å²) in [5, 5.41) is 35.6. The highest BCUT2D eigenvalue weighted by Crippen LogP contribution is 2.48. The normalized spacial score (nSPS) is 17.8. The Labute approximate surface area is 244 Å². The molecule has 0 radical (unpaired) electrons. The molecular formula is C24H23BrN4O11S. The number of ether oxygens (including phenoxy) is 2. The van der Waals surface area contributed by atoms with Gasteiger partial charge >= 0.3 is 5.97 Å². The molecule has 17 heteroatoms. The first-order valence-electron chi connectivity index (χ1n) is 11.8. The summed E-state index contributed by atoms with van der Waals surface area (Å²) in [5.74, 6) is -2.18. The second-order valence-corrected chi connectivity index (χ2v) is 11.5. The Morgan fingerprint density at radius 1 is 1.05 bits per heavy atom. The van der Waals surface area contributed by atoms with Crippen molar-refractivity contribution in [3.05, 3.63) is 71.8 Å². The molecule has 0 fully saturated rings. The number of fused-ring (bicyclic) bond motifs is 1. The fraction of sp³-hybridized carbons (Fsp3) is 0.375. The predicted octanol–water partition coefficient (Wildman–Crippen LogP) is 5.10. The van der Waals surface area contributed by atoms with Crippen LogP contribution in [-0.4, -0.2) is 47.9 Å². The lowest BCUT2D eigenvalue weighted by atomic mass is 9.90. The molecule has 0 saturated heterocycles. The minimum absolute atomic E-state index is 0.0974. The van der Waals surface area contributed by atoms with E-state index in [-0.39, 0.29) is 28.3 Å². The number of nitrogens with zero attached hydrogens (tertiary/aromatic N) is 3. The van der Waals surface area contributed by atoms with Crippen LogP contribution < -0.4 is 10.1 Å². The topological polar surface area (TPSA) is 211 Å². The Hall–Kier alpha value is -4.12. The van der Waals surface area contributed by atoms with E-state index in [2.05, 4.69) is 21.2 Å². The summed E-state index contributed by atoms with van der Waals surface area (Å²) in [7, 11) is 0. The van der Waals surface area contributed by atoms with Gasteiger partial charge in [-0.2, -0.15) is 0 Å². The largest absolute Gasteiger partial charge is 0.486 e. The summed E-state index contributed by atoms with van der Waals surface area (Å²) in [6.45, 7) is 6.06. The van der Waals surface area contributed by atoms with Gasteiger partial charge in [-0.1, -0.05) is 34.6 Å². The maximum Gasteiger partial charge on any atom is 0.310 e. The van der Waals surface area contributed by atoms with Crippen molar-refractivity contribution in [1.29, 1.82) is 0 Å². The molecule has 15 nitrogen and oxygen atoms in total. The Bertz CT molecular complexity index is 1430. The van der Waals surface area contributed by atoms with Crippen molar-refractivity contribution >= 4 is 67.4 Å². The van der Waals surface area contributed by atoms with E-state index in [9.17, 15) is 44.7 Å². The lowest BCUT2D eigenvalue weighted by Gasteiger charge is -2.41. The van der Waals surface area contributed by atoms with E-state index in [1.807, 2.05) is 0 Å². The highest BCUT2D eigenvalue weighted by molar-refractivity contribution is 9.09. The molecule has 1 amide bonds. The average molecular weight is 655 g/mol. The van der Waals surface area contributed by atoms with Crippen LogP contribution in [0.5, 0.6) is 5.75 Å². The van der Waals surface area contributed by atoms with E-state index >= 15 is 0 Å². The average Bonchev–Trinajstić information content (AvgIpc) is 2.88. The van der Waals surface area contributed by atoms with Gasteiger partial charge in [0.05, 0.1) is 31.6 Å². The van der Waals surface area contributed by atoms with Crippen molar-refractivity contribution in [3.63, 3.8) is 0 Å². The van der Waals surface area contributed by atoms with Crippen LogP contribution in [0.4, 0.5) is 22.7 Å². The molecule has 41 heavy (non-hydrogen) atoms. The minimum Gasteiger partial charge on any atom is -0.486 e. The molecule has 0 aliphatic carbocycles. The minimum atomic E-state index is -1.06. The maximum atomic E-state index is 13.1. The van der Waals surface area contributed by atoms with Crippen LogP contribution >= 0.6 is 27.7 Å². The molecule has 0 saturated carbocycles. The summed E-state index contributed by atoms with van der Waals surface area (Å²) in [6, 6.07) is 4.98. The number of carbonyl (C=O) groups excluding carboxylic acids is 3. The van der Waals surface area contributed by atoms with E-state index in [0.717, 1.165) is 24.3 Å². The zero-order valence-electron chi connectivity index (χ0n) is 21.9. The number of thioether (sulfide) groups is 1. The first-order valence-corrected chi connectivity index (χ1v) is 13.7. The monoisotopic (exact) mass is 654 g/mol. The van der Waals surface area contributed by atoms with Gasteiger partial charge in [0.2, 0.25) is 11.0 Å². The quantitative estimate of drug-likeness (QED) is 0.162. The lowest BCUT2D eigenvalue weighted by molar-refractivity contribution is -0.394. The number of nitrogens with one attached hydrogen (secondary N) is 1. The zero-order chi connectivity index (χ0) is 30.8. The first-order chi connectivity index (χ1) is 19.0. The van der Waals surface area contributed by atoms with Crippen molar-refractivity contribution in [3.8, 4) is 5.75 Å². The lowest BCUT2D eigenvalue weighted by Crippen LogP contribution is -2.47. The van der Waals surface area contributed by atoms with Crippen LogP contribution in [-0.2, 0) is 14.3 Å². The van der Waals surface area contributed by atoms with Crippen LogP contribution in [0, 0.1) is 36.3 Å². The second-order valence-electron chi connectivity index (χ2n) is 9.56. The van der Waals surface area contributed by atoms with Crippen molar-refractivity contribution in [2.24, 2.45) is 5.92 Å². The van der Waals surface area contributed by atoms with Gasteiger partial charge in [0.25, 0.3) is 17.1 Å². The molecule has 0 spiro atoms. The summed E-state index contributed by atoms with van der Waals surface area (Å²) < 4.78 is 11.7. The third-order valence-electron chi connectivity index (χ3n) is 5.91. The van der Waals surface area contributed by atoms with Gasteiger partial charge in [0.15, 0.2) is 0 Å². The Kier molecular flexibility index (Phi) is 9.33. The van der Waals surface area contributed by atoms with Gasteiger partial charge in [0.1, 0.15) is 23.1 Å². The Morgan fingerprint density at radius 2 is 1.63 bits per heavy atom. The number of hydrogen-bond acceptors (Lipinski definition) is 12. The zero-order valence-corrected chi connectivity index (χ0v) is 24.3. The van der Waals surface area contributed by atoms with Gasteiger partial charge in [-0.3, -0.25) is 44.7 Å². The third kappa shape index (κ3) is 7.15. The highest BCUT2D eigenvalue weighted by atomic mass is 79.9. The number of esters is 1. The number of nitro groups is 3. The molecule has 3 unspecified atom stereocenters. The van der Waals surface area contributed by atoms with Crippen LogP contribution in [0.25, 0.3) is 0 Å². The Balaban J connectivity index is 1.82. The predicted molar refractivity (Wildman–Crippen MR) is 149 cm³/mol. The fourth-order valence-corrected chi connectivity index (χ4v) is 5.15. The number of anilines is 1. The maximum absolute atomic E-state index is 13.1. The Morgan fingerprint density at radius 3 is 2.15 bits per heavy atom. The molecule has 0 aromatic heterocycles. The van der Waals surface area contributed by atoms with Gasteiger partial charge in [-0.25, -0.2) is 0 Å². The number of halogens is 1. The first kappa shape index (κ1) is 31.4. The molecule has 3 rings (SSSR count). The van der Waals surface area contributed by atoms with E-state index in [4.69, 9.17) is 9.47 Å². The number of carbonyl (C=O) groups is 3. The van der Waals surface area contributed by atoms with Crippen LogP contribution in [0.2, 0.25) is 0 Å². The smallest absolute Gasteiger partial charge is 0.310 e. The SMILES string of the molecule is CC(=O)Nc1cc2c(cc1[N+](=O)[O-])C(OC(=O)C(C)CSC(=O)c1cc([N+](=O)[O-])cc([N+](=O)[O-])c1)C(Br)C(C)(C)O2. The van der Waals surface area contributed by atoms with Crippen LogP contribution in [0.1, 0.15) is 49.7 Å². The number of rotatable bonds is 9. The summed E-state index contributed by atoms with van der Waals surface area (Å²) in [4.78, 5) is 68.2. The van der Waals surface area contributed by atoms with E-state index in [1.54, 1.807) is 13.8 Å². The molecule has 0 bridgehead atoms. The summed E-state index contributed by atoms with van der Waals surface area (Å²) in [5.41, 5.74) is -2.86. The molecule has 218 valence electrons. The van der Waals surface area contributed by atoms with E-state index in [0.29, 0.717) is 11.8 Å². The van der Waals surface area contributed by atoms with Gasteiger partial charge < -0.3 is 14.8 Å². The fourth-order valence-electron chi connectivity index (χ4n) is 3.84. The van der Waals surface area contributed by atoms with Crippen molar-refractivity contribution in [1.82, 2.24) is 0 Å². The molecule has 1 aliphatic heterocycles.